The molecule has 1 N–H and O–H groups in total. The maximum atomic E-state index is 12.7. The summed E-state index contributed by atoms with van der Waals surface area (Å²) < 4.78 is 38.1. The Balaban J connectivity index is 1.99. The van der Waals surface area contributed by atoms with Crippen molar-refractivity contribution in [3.05, 3.63) is 36.0 Å². The largest absolute Gasteiger partial charge is 0.478 e. The minimum absolute atomic E-state index is 0.202. The second-order valence-corrected chi connectivity index (χ2v) is 4.88. The number of hydrogen-bond acceptors (Lipinski definition) is 4. The molecule has 1 aromatic rings. The van der Waals surface area contributed by atoms with Gasteiger partial charge in [-0.3, -0.25) is 4.79 Å². The van der Waals surface area contributed by atoms with E-state index < -0.39 is 23.6 Å². The molecule has 2 rings (SSSR count). The van der Waals surface area contributed by atoms with Gasteiger partial charge in [-0.25, -0.2) is 9.78 Å². The van der Waals surface area contributed by atoms with Crippen molar-refractivity contribution < 1.29 is 27.9 Å². The summed E-state index contributed by atoms with van der Waals surface area (Å²) in [5, 5.41) is 8.48. The number of carboxylic acids is 1. The Labute approximate surface area is 129 Å². The van der Waals surface area contributed by atoms with Crippen molar-refractivity contribution in [2.45, 2.75) is 6.18 Å². The highest BCUT2D eigenvalue weighted by Crippen LogP contribution is 2.30. The zero-order chi connectivity index (χ0) is 17.0. The fraction of sp³-hybridized carbons (Fsp3) is 0.357. The first-order chi connectivity index (χ1) is 10.8. The van der Waals surface area contributed by atoms with E-state index in [9.17, 15) is 22.8 Å². The molecule has 2 heterocycles. The highest BCUT2D eigenvalue weighted by Gasteiger charge is 2.31. The topological polar surface area (TPSA) is 73.7 Å². The number of pyridine rings is 1. The smallest absolute Gasteiger partial charge is 0.416 e. The van der Waals surface area contributed by atoms with Crippen molar-refractivity contribution in [2.75, 3.05) is 31.1 Å². The Hall–Kier alpha value is -2.58. The van der Waals surface area contributed by atoms with Crippen molar-refractivity contribution in [3.8, 4) is 0 Å². The maximum absolute atomic E-state index is 12.7. The van der Waals surface area contributed by atoms with Crippen LogP contribution in [0.1, 0.15) is 5.56 Å². The van der Waals surface area contributed by atoms with Crippen LogP contribution in [0, 0.1) is 0 Å². The molecular formula is C14H14F3N3O3. The highest BCUT2D eigenvalue weighted by atomic mass is 19.4. The van der Waals surface area contributed by atoms with Crippen LogP contribution >= 0.6 is 0 Å². The van der Waals surface area contributed by atoms with Crippen LogP contribution in [0.4, 0.5) is 19.0 Å². The molecule has 0 bridgehead atoms. The van der Waals surface area contributed by atoms with Crippen LogP contribution in [0.2, 0.25) is 0 Å². The molecule has 0 spiro atoms. The molecule has 6 nitrogen and oxygen atoms in total. The molecule has 1 saturated heterocycles. The van der Waals surface area contributed by atoms with Gasteiger partial charge in [0.1, 0.15) is 5.82 Å². The zero-order valence-corrected chi connectivity index (χ0v) is 12.0. The number of aromatic nitrogens is 1. The fourth-order valence-electron chi connectivity index (χ4n) is 2.17. The van der Waals surface area contributed by atoms with E-state index in [0.29, 0.717) is 13.1 Å². The molecule has 0 radical (unpaired) electrons. The number of piperazine rings is 1. The number of carbonyl (C=O) groups excluding carboxylic acids is 1. The van der Waals surface area contributed by atoms with Gasteiger partial charge >= 0.3 is 12.1 Å². The van der Waals surface area contributed by atoms with Crippen LogP contribution in [-0.4, -0.2) is 53.0 Å². The van der Waals surface area contributed by atoms with Gasteiger partial charge in [0.05, 0.1) is 5.56 Å². The van der Waals surface area contributed by atoms with E-state index in [-0.39, 0.29) is 18.9 Å². The summed E-state index contributed by atoms with van der Waals surface area (Å²) in [5.74, 6) is -1.46. The molecule has 0 unspecified atom stereocenters. The summed E-state index contributed by atoms with van der Waals surface area (Å²) >= 11 is 0. The van der Waals surface area contributed by atoms with E-state index in [0.717, 1.165) is 30.5 Å². The number of nitrogens with zero attached hydrogens (tertiary/aromatic N) is 3. The van der Waals surface area contributed by atoms with Crippen molar-refractivity contribution in [3.63, 3.8) is 0 Å². The van der Waals surface area contributed by atoms with Crippen LogP contribution in [0.5, 0.6) is 0 Å². The number of hydrogen-bond donors (Lipinski definition) is 1. The molecule has 0 aliphatic carbocycles. The third-order valence-electron chi connectivity index (χ3n) is 3.36. The van der Waals surface area contributed by atoms with Gasteiger partial charge < -0.3 is 14.9 Å². The van der Waals surface area contributed by atoms with Crippen molar-refractivity contribution in [1.29, 1.82) is 0 Å². The lowest BCUT2D eigenvalue weighted by Gasteiger charge is -2.35. The van der Waals surface area contributed by atoms with Crippen LogP contribution in [0.25, 0.3) is 0 Å². The quantitative estimate of drug-likeness (QED) is 0.849. The summed E-state index contributed by atoms with van der Waals surface area (Å²) in [4.78, 5) is 29.1. The third kappa shape index (κ3) is 4.44. The summed E-state index contributed by atoms with van der Waals surface area (Å²) in [5.41, 5.74) is -0.773. The van der Waals surface area contributed by atoms with Crippen LogP contribution < -0.4 is 4.90 Å². The summed E-state index contributed by atoms with van der Waals surface area (Å²) in [6, 6.07) is 1.88. The molecule has 0 aromatic carbocycles. The van der Waals surface area contributed by atoms with Gasteiger partial charge in [-0.1, -0.05) is 0 Å². The van der Waals surface area contributed by atoms with E-state index in [2.05, 4.69) is 4.98 Å². The maximum Gasteiger partial charge on any atom is 0.416 e. The van der Waals surface area contributed by atoms with Crippen molar-refractivity contribution in [1.82, 2.24) is 9.88 Å². The Morgan fingerprint density at radius 2 is 1.83 bits per heavy atom. The molecule has 0 saturated carbocycles. The standard InChI is InChI=1S/C14H14F3N3O3/c15-14(16,17)10-3-4-18-11(9-10)19-5-7-20(8-6-19)12(21)1-2-13(22)23/h1-4,9H,5-8H2,(H,22,23)/b2-1+. The molecule has 1 amide bonds. The second kappa shape index (κ2) is 6.67. The predicted molar refractivity (Wildman–Crippen MR) is 74.8 cm³/mol. The second-order valence-electron chi connectivity index (χ2n) is 4.88. The lowest BCUT2D eigenvalue weighted by Crippen LogP contribution is -2.48. The van der Waals surface area contributed by atoms with E-state index in [1.165, 1.54) is 4.90 Å². The monoisotopic (exact) mass is 329 g/mol. The molecule has 124 valence electrons. The van der Waals surface area contributed by atoms with Crippen LogP contribution in [0.3, 0.4) is 0 Å². The lowest BCUT2D eigenvalue weighted by molar-refractivity contribution is -0.137. The molecule has 1 aromatic heterocycles. The average Bonchev–Trinajstić information content (AvgIpc) is 2.52. The van der Waals surface area contributed by atoms with Crippen molar-refractivity contribution in [2.24, 2.45) is 0 Å². The number of amides is 1. The van der Waals surface area contributed by atoms with E-state index in [1.807, 2.05) is 0 Å². The normalized spacial score (nSPS) is 16.0. The van der Waals surface area contributed by atoms with Gasteiger partial charge in [-0.15, -0.1) is 0 Å². The van der Waals surface area contributed by atoms with E-state index in [1.54, 1.807) is 4.90 Å². The summed E-state index contributed by atoms with van der Waals surface area (Å²) in [6.07, 6.45) is -1.62. The Morgan fingerprint density at radius 1 is 1.17 bits per heavy atom. The Kier molecular flexibility index (Phi) is 4.87. The first-order valence-electron chi connectivity index (χ1n) is 6.75. The molecule has 9 heteroatoms. The lowest BCUT2D eigenvalue weighted by atomic mass is 10.2. The molecular weight excluding hydrogens is 315 g/mol. The average molecular weight is 329 g/mol. The first kappa shape index (κ1) is 16.8. The SMILES string of the molecule is O=C(O)/C=C/C(=O)N1CCN(c2cc(C(F)(F)F)ccn2)CC1. The van der Waals surface area contributed by atoms with Gasteiger partial charge in [0, 0.05) is 44.5 Å². The number of anilines is 1. The summed E-state index contributed by atoms with van der Waals surface area (Å²) in [7, 11) is 0. The first-order valence-corrected chi connectivity index (χ1v) is 6.75. The number of rotatable bonds is 3. The number of carboxylic acid groups (broad SMARTS) is 1. The van der Waals surface area contributed by atoms with Crippen LogP contribution in [-0.2, 0) is 15.8 Å². The molecule has 23 heavy (non-hydrogen) atoms. The minimum atomic E-state index is -4.43. The number of carbonyl (C=O) groups is 2. The van der Waals surface area contributed by atoms with E-state index in [4.69, 9.17) is 5.11 Å². The third-order valence-corrected chi connectivity index (χ3v) is 3.36. The summed E-state index contributed by atoms with van der Waals surface area (Å²) in [6.45, 7) is 1.20. The van der Waals surface area contributed by atoms with Gasteiger partial charge in [-0.05, 0) is 12.1 Å². The van der Waals surface area contributed by atoms with Crippen molar-refractivity contribution >= 4 is 17.7 Å². The number of aliphatic carboxylic acids is 1. The molecule has 1 fully saturated rings. The molecule has 1 aliphatic rings. The Bertz CT molecular complexity index is 623. The molecule has 1 aliphatic heterocycles. The fourth-order valence-corrected chi connectivity index (χ4v) is 2.17. The number of alkyl halides is 3. The van der Waals surface area contributed by atoms with Crippen LogP contribution in [0.15, 0.2) is 30.5 Å². The highest BCUT2D eigenvalue weighted by molar-refractivity contribution is 5.94. The van der Waals surface area contributed by atoms with E-state index >= 15 is 0 Å². The van der Waals surface area contributed by atoms with Gasteiger partial charge in [0.25, 0.3) is 0 Å². The predicted octanol–water partition coefficient (Wildman–Crippen LogP) is 1.39. The van der Waals surface area contributed by atoms with Gasteiger partial charge in [-0.2, -0.15) is 13.2 Å². The molecule has 0 atom stereocenters. The number of halogens is 3. The van der Waals surface area contributed by atoms with Gasteiger partial charge in [0.15, 0.2) is 0 Å². The minimum Gasteiger partial charge on any atom is -0.478 e. The Morgan fingerprint density at radius 3 is 2.39 bits per heavy atom. The zero-order valence-electron chi connectivity index (χ0n) is 12.0. The van der Waals surface area contributed by atoms with Gasteiger partial charge in [0.2, 0.25) is 5.91 Å².